The van der Waals surface area contributed by atoms with E-state index >= 15 is 0 Å². The van der Waals surface area contributed by atoms with E-state index in [2.05, 4.69) is 34.9 Å². The first kappa shape index (κ1) is 24.0. The molecule has 33 heavy (non-hydrogen) atoms. The van der Waals surface area contributed by atoms with Crippen molar-refractivity contribution in [1.82, 2.24) is 10.6 Å². The minimum Gasteiger partial charge on any atom is -0.481 e. The molecule has 1 aliphatic rings. The summed E-state index contributed by atoms with van der Waals surface area (Å²) in [5.74, 6) is -1.51. The highest BCUT2D eigenvalue weighted by Gasteiger charge is 2.28. The van der Waals surface area contributed by atoms with E-state index in [0.29, 0.717) is 25.0 Å². The van der Waals surface area contributed by atoms with E-state index in [1.807, 2.05) is 24.3 Å². The number of carbonyl (C=O) groups excluding carboxylic acids is 2. The van der Waals surface area contributed by atoms with Crippen LogP contribution < -0.4 is 10.6 Å². The molecule has 174 valence electrons. The Kier molecular flexibility index (Phi) is 8.24. The van der Waals surface area contributed by atoms with Crippen molar-refractivity contribution in [2.45, 2.75) is 32.6 Å². The van der Waals surface area contributed by atoms with Gasteiger partial charge in [-0.3, -0.25) is 9.59 Å². The average molecular weight is 451 g/mol. The fraction of sp³-hybridized carbons (Fsp3) is 0.346. The van der Waals surface area contributed by atoms with Crippen molar-refractivity contribution < 1.29 is 24.2 Å². The predicted octanol–water partition coefficient (Wildman–Crippen LogP) is 4.09. The van der Waals surface area contributed by atoms with Gasteiger partial charge in [0, 0.05) is 24.6 Å². The van der Waals surface area contributed by atoms with E-state index in [1.54, 1.807) is 19.9 Å². The average Bonchev–Trinajstić information content (AvgIpc) is 3.13. The number of aliphatic carboxylic acids is 1. The number of hydrogen-bond acceptors (Lipinski definition) is 4. The van der Waals surface area contributed by atoms with Crippen molar-refractivity contribution in [1.29, 1.82) is 0 Å². The molecule has 0 fully saturated rings. The molecule has 1 unspecified atom stereocenters. The van der Waals surface area contributed by atoms with Crippen LogP contribution in [0.3, 0.4) is 0 Å². The Morgan fingerprint density at radius 2 is 1.64 bits per heavy atom. The number of carboxylic acid groups (broad SMARTS) is 1. The normalized spacial score (nSPS) is 13.6. The molecule has 2 amide bonds. The lowest BCUT2D eigenvalue weighted by Crippen LogP contribution is -2.28. The van der Waals surface area contributed by atoms with Gasteiger partial charge in [0.2, 0.25) is 5.91 Å². The molecule has 2 aromatic carbocycles. The van der Waals surface area contributed by atoms with Gasteiger partial charge in [-0.15, -0.1) is 0 Å². The van der Waals surface area contributed by atoms with Crippen molar-refractivity contribution in [3.8, 4) is 11.1 Å². The summed E-state index contributed by atoms with van der Waals surface area (Å²) in [4.78, 5) is 35.1. The summed E-state index contributed by atoms with van der Waals surface area (Å²) in [5.41, 5.74) is 5.11. The molecule has 0 heterocycles. The SMILES string of the molecule is C/C(=C\CNC(=O)OCC1c2ccccc2-c2ccccc21)C(=O)NCCCC(C)C(=O)O. The van der Waals surface area contributed by atoms with E-state index in [0.717, 1.165) is 11.1 Å². The molecule has 0 aliphatic heterocycles. The molecular formula is C26H30N2O5. The lowest BCUT2D eigenvalue weighted by atomic mass is 9.98. The van der Waals surface area contributed by atoms with Crippen LogP contribution >= 0.6 is 0 Å². The molecule has 3 N–H and O–H groups in total. The lowest BCUT2D eigenvalue weighted by molar-refractivity contribution is -0.141. The summed E-state index contributed by atoms with van der Waals surface area (Å²) >= 11 is 0. The smallest absolute Gasteiger partial charge is 0.407 e. The molecule has 7 heteroatoms. The number of carbonyl (C=O) groups is 3. The number of rotatable bonds is 10. The van der Waals surface area contributed by atoms with Gasteiger partial charge in [0.15, 0.2) is 0 Å². The van der Waals surface area contributed by atoms with Gasteiger partial charge in [-0.05, 0) is 42.0 Å². The number of ether oxygens (including phenoxy) is 1. The molecule has 0 saturated carbocycles. The number of hydrogen-bond donors (Lipinski definition) is 3. The van der Waals surface area contributed by atoms with Gasteiger partial charge in [-0.1, -0.05) is 61.5 Å². The molecule has 1 aliphatic carbocycles. The second-order valence-electron chi connectivity index (χ2n) is 8.23. The fourth-order valence-electron chi connectivity index (χ4n) is 3.90. The van der Waals surface area contributed by atoms with Crippen LogP contribution in [0.4, 0.5) is 4.79 Å². The minimum absolute atomic E-state index is 0.00458. The molecular weight excluding hydrogens is 420 g/mol. The van der Waals surface area contributed by atoms with Crippen LogP contribution in [-0.4, -0.2) is 42.8 Å². The summed E-state index contributed by atoms with van der Waals surface area (Å²) in [6, 6.07) is 16.3. The van der Waals surface area contributed by atoms with Crippen LogP contribution in [-0.2, 0) is 14.3 Å². The summed E-state index contributed by atoms with van der Waals surface area (Å²) in [7, 11) is 0. The molecule has 7 nitrogen and oxygen atoms in total. The number of benzene rings is 2. The Balaban J connectivity index is 1.42. The number of amides is 2. The standard InChI is InChI=1S/C26H30N2O5/c1-17(24(29)27-14-7-8-18(2)25(30)31)13-15-28-26(32)33-16-23-21-11-5-3-9-19(21)20-10-4-6-12-22(20)23/h3-6,9-13,18,23H,7-8,14-16H2,1-2H3,(H,27,29)(H,28,32)(H,30,31)/b17-13+. The third-order valence-corrected chi connectivity index (χ3v) is 5.88. The molecule has 0 saturated heterocycles. The van der Waals surface area contributed by atoms with Crippen LogP contribution in [0.5, 0.6) is 0 Å². The van der Waals surface area contributed by atoms with Gasteiger partial charge in [0.25, 0.3) is 0 Å². The van der Waals surface area contributed by atoms with Crippen molar-refractivity contribution >= 4 is 18.0 Å². The summed E-state index contributed by atoms with van der Waals surface area (Å²) in [5, 5.41) is 14.3. The van der Waals surface area contributed by atoms with Crippen molar-refractivity contribution in [3.05, 3.63) is 71.3 Å². The Morgan fingerprint density at radius 1 is 1.03 bits per heavy atom. The van der Waals surface area contributed by atoms with Crippen molar-refractivity contribution in [2.75, 3.05) is 19.7 Å². The van der Waals surface area contributed by atoms with Gasteiger partial charge in [0.1, 0.15) is 6.61 Å². The van der Waals surface area contributed by atoms with Crippen LogP contribution in [0.25, 0.3) is 11.1 Å². The lowest BCUT2D eigenvalue weighted by Gasteiger charge is -2.14. The highest BCUT2D eigenvalue weighted by atomic mass is 16.5. The van der Waals surface area contributed by atoms with Gasteiger partial charge in [-0.25, -0.2) is 4.79 Å². The maximum absolute atomic E-state index is 12.2. The Labute approximate surface area is 193 Å². The number of nitrogens with one attached hydrogen (secondary N) is 2. The monoisotopic (exact) mass is 450 g/mol. The van der Waals surface area contributed by atoms with E-state index in [-0.39, 0.29) is 25.0 Å². The number of carboxylic acids is 1. The Hall–Kier alpha value is -3.61. The molecule has 3 rings (SSSR count). The molecule has 0 aromatic heterocycles. The van der Waals surface area contributed by atoms with E-state index in [4.69, 9.17) is 9.84 Å². The fourth-order valence-corrected chi connectivity index (χ4v) is 3.90. The maximum Gasteiger partial charge on any atom is 0.407 e. The second kappa shape index (κ2) is 11.3. The first-order valence-electron chi connectivity index (χ1n) is 11.1. The molecule has 0 spiro atoms. The quantitative estimate of drug-likeness (QED) is 0.374. The Bertz CT molecular complexity index is 1000. The van der Waals surface area contributed by atoms with E-state index < -0.39 is 18.0 Å². The minimum atomic E-state index is -0.836. The van der Waals surface area contributed by atoms with Crippen LogP contribution in [0, 0.1) is 5.92 Å². The van der Waals surface area contributed by atoms with Gasteiger partial charge >= 0.3 is 12.1 Å². The summed E-state index contributed by atoms with van der Waals surface area (Å²) < 4.78 is 5.48. The maximum atomic E-state index is 12.2. The van der Waals surface area contributed by atoms with Crippen LogP contribution in [0.15, 0.2) is 60.2 Å². The van der Waals surface area contributed by atoms with E-state index in [9.17, 15) is 14.4 Å². The molecule has 0 radical (unpaired) electrons. The number of fused-ring (bicyclic) bond motifs is 3. The third-order valence-electron chi connectivity index (χ3n) is 5.88. The first-order valence-corrected chi connectivity index (χ1v) is 11.1. The van der Waals surface area contributed by atoms with E-state index in [1.165, 1.54) is 11.1 Å². The van der Waals surface area contributed by atoms with Gasteiger partial charge < -0.3 is 20.5 Å². The van der Waals surface area contributed by atoms with Gasteiger partial charge in [-0.2, -0.15) is 0 Å². The van der Waals surface area contributed by atoms with Gasteiger partial charge in [0.05, 0.1) is 5.92 Å². The van der Waals surface area contributed by atoms with Crippen LogP contribution in [0.2, 0.25) is 0 Å². The predicted molar refractivity (Wildman–Crippen MR) is 126 cm³/mol. The Morgan fingerprint density at radius 3 is 2.24 bits per heavy atom. The van der Waals surface area contributed by atoms with Crippen molar-refractivity contribution in [2.24, 2.45) is 5.92 Å². The summed E-state index contributed by atoms with van der Waals surface area (Å²) in [6.07, 6.45) is 2.17. The summed E-state index contributed by atoms with van der Waals surface area (Å²) in [6.45, 7) is 4.12. The molecule has 1 atom stereocenters. The highest BCUT2D eigenvalue weighted by molar-refractivity contribution is 5.92. The number of alkyl carbamates (subject to hydrolysis) is 1. The zero-order valence-corrected chi connectivity index (χ0v) is 19.0. The zero-order chi connectivity index (χ0) is 23.8. The largest absolute Gasteiger partial charge is 0.481 e. The van der Waals surface area contributed by atoms with Crippen LogP contribution in [0.1, 0.15) is 43.7 Å². The first-order chi connectivity index (χ1) is 15.9. The topological polar surface area (TPSA) is 105 Å². The molecule has 0 bridgehead atoms. The molecule has 2 aromatic rings. The van der Waals surface area contributed by atoms with Crippen molar-refractivity contribution in [3.63, 3.8) is 0 Å². The highest BCUT2D eigenvalue weighted by Crippen LogP contribution is 2.44. The third kappa shape index (κ3) is 6.22. The second-order valence-corrected chi connectivity index (χ2v) is 8.23. The zero-order valence-electron chi connectivity index (χ0n) is 19.0.